The first-order valence-electron chi connectivity index (χ1n) is 12.0. The third kappa shape index (κ3) is 5.57. The molecular weight excluding hydrogens is 484 g/mol. The Hall–Kier alpha value is -4.35. The lowest BCUT2D eigenvalue weighted by atomic mass is 10.1. The molecule has 1 aliphatic rings. The Morgan fingerprint density at radius 2 is 1.70 bits per heavy atom. The molecule has 0 saturated carbocycles. The molecule has 0 radical (unpaired) electrons. The number of fused-ring (bicyclic) bond motifs is 1. The molecule has 1 N–H and O–H groups in total. The summed E-state index contributed by atoms with van der Waals surface area (Å²) in [4.78, 5) is 27.8. The van der Waals surface area contributed by atoms with Crippen LogP contribution >= 0.6 is 11.6 Å². The molecule has 1 heterocycles. The number of benzene rings is 4. The molecule has 2 amide bonds. The molecule has 0 fully saturated rings. The molecule has 0 bridgehead atoms. The molecule has 0 aliphatic carbocycles. The number of ether oxygens (including phenoxy) is 1. The number of anilines is 1. The van der Waals surface area contributed by atoms with Crippen LogP contribution < -0.4 is 15.0 Å². The van der Waals surface area contributed by atoms with E-state index in [2.05, 4.69) is 11.4 Å². The van der Waals surface area contributed by atoms with Gasteiger partial charge in [0.25, 0.3) is 11.8 Å². The summed E-state index contributed by atoms with van der Waals surface area (Å²) in [6.45, 7) is 2.80. The molecule has 184 valence electrons. The van der Waals surface area contributed by atoms with Crippen LogP contribution in [0.2, 0.25) is 5.02 Å². The minimum Gasteiger partial charge on any atom is -0.449 e. The molecule has 4 aromatic carbocycles. The van der Waals surface area contributed by atoms with E-state index in [0.29, 0.717) is 29.4 Å². The topological polar surface area (TPSA) is 58.6 Å². The highest BCUT2D eigenvalue weighted by Gasteiger charge is 2.30. The number of carbonyl (C=O) groups excluding carboxylic acids is 2. The fraction of sp³-hybridized carbons (Fsp3) is 0.0968. The fourth-order valence-corrected chi connectivity index (χ4v) is 4.42. The van der Waals surface area contributed by atoms with Gasteiger partial charge in [-0.15, -0.1) is 0 Å². The van der Waals surface area contributed by atoms with Crippen LogP contribution in [0, 0.1) is 6.92 Å². The first-order valence-corrected chi connectivity index (χ1v) is 12.3. The van der Waals surface area contributed by atoms with Gasteiger partial charge in [-0.3, -0.25) is 14.5 Å². The van der Waals surface area contributed by atoms with Crippen molar-refractivity contribution in [3.63, 3.8) is 0 Å². The van der Waals surface area contributed by atoms with Crippen LogP contribution in [0.3, 0.4) is 0 Å². The van der Waals surface area contributed by atoms with Gasteiger partial charge < -0.3 is 10.1 Å². The summed E-state index contributed by atoms with van der Waals surface area (Å²) in [5, 5.41) is 3.49. The van der Waals surface area contributed by atoms with Crippen molar-refractivity contribution in [2.45, 2.75) is 20.0 Å². The van der Waals surface area contributed by atoms with E-state index in [-0.39, 0.29) is 17.6 Å². The van der Waals surface area contributed by atoms with Crippen molar-refractivity contribution >= 4 is 35.2 Å². The number of hydrogen-bond acceptors (Lipinski definition) is 3. The largest absolute Gasteiger partial charge is 0.449 e. The van der Waals surface area contributed by atoms with Crippen LogP contribution in [0.25, 0.3) is 6.08 Å². The third-order valence-electron chi connectivity index (χ3n) is 6.12. The molecule has 0 unspecified atom stereocenters. The Kier molecular flexibility index (Phi) is 7.06. The Balaban J connectivity index is 1.34. The van der Waals surface area contributed by atoms with Crippen molar-refractivity contribution in [2.24, 2.45) is 0 Å². The lowest BCUT2D eigenvalue weighted by molar-refractivity contribution is -0.117. The molecule has 6 heteroatoms. The summed E-state index contributed by atoms with van der Waals surface area (Å²) in [7, 11) is 0. The highest BCUT2D eigenvalue weighted by atomic mass is 35.5. The predicted molar refractivity (Wildman–Crippen MR) is 146 cm³/mol. The van der Waals surface area contributed by atoms with Crippen molar-refractivity contribution in [2.75, 3.05) is 4.90 Å². The van der Waals surface area contributed by atoms with Gasteiger partial charge in [0.2, 0.25) is 0 Å². The zero-order valence-corrected chi connectivity index (χ0v) is 21.0. The number of halogens is 1. The molecule has 37 heavy (non-hydrogen) atoms. The van der Waals surface area contributed by atoms with Gasteiger partial charge >= 0.3 is 0 Å². The number of nitrogens with zero attached hydrogens (tertiary/aromatic N) is 1. The first kappa shape index (κ1) is 24.3. The van der Waals surface area contributed by atoms with Crippen molar-refractivity contribution < 1.29 is 14.3 Å². The standard InChI is InChI=1S/C31H25ClN2O3/c1-21-7-6-8-23(17-21)20-34-27-11-4-5-12-28(27)37-29(31(34)36)18-22-13-15-24(16-14-22)30(35)33-19-25-9-2-3-10-26(25)32/h2-18H,19-20H2,1H3,(H,33,35)/b29-18+. The van der Waals surface area contributed by atoms with Gasteiger partial charge in [-0.2, -0.15) is 0 Å². The summed E-state index contributed by atoms with van der Waals surface area (Å²) in [6, 6.07) is 30.0. The van der Waals surface area contributed by atoms with E-state index < -0.39 is 0 Å². The molecule has 5 rings (SSSR count). The van der Waals surface area contributed by atoms with E-state index in [4.69, 9.17) is 16.3 Å². The molecule has 0 saturated heterocycles. The van der Waals surface area contributed by atoms with Crippen LogP contribution in [0.5, 0.6) is 5.75 Å². The average molecular weight is 509 g/mol. The van der Waals surface area contributed by atoms with Crippen LogP contribution in [0.1, 0.15) is 32.6 Å². The number of aryl methyl sites for hydroxylation is 1. The summed E-state index contributed by atoms with van der Waals surface area (Å²) >= 11 is 6.17. The van der Waals surface area contributed by atoms with Crippen LogP contribution in [-0.2, 0) is 17.9 Å². The normalized spacial score (nSPS) is 13.7. The molecule has 0 spiro atoms. The van der Waals surface area contributed by atoms with Crippen molar-refractivity contribution in [3.05, 3.63) is 136 Å². The molecular formula is C31H25ClN2O3. The second-order valence-electron chi connectivity index (χ2n) is 8.85. The number of nitrogens with one attached hydrogen (secondary N) is 1. The van der Waals surface area contributed by atoms with E-state index in [1.54, 1.807) is 41.3 Å². The quantitative estimate of drug-likeness (QED) is 0.301. The maximum Gasteiger partial charge on any atom is 0.294 e. The lowest BCUT2D eigenvalue weighted by Gasteiger charge is -2.30. The Morgan fingerprint density at radius 1 is 0.946 bits per heavy atom. The van der Waals surface area contributed by atoms with Gasteiger partial charge in [-0.05, 0) is 60.0 Å². The summed E-state index contributed by atoms with van der Waals surface area (Å²) in [5.74, 6) is 0.419. The van der Waals surface area contributed by atoms with Crippen molar-refractivity contribution in [1.82, 2.24) is 5.32 Å². The molecule has 1 aliphatic heterocycles. The molecule has 0 atom stereocenters. The summed E-state index contributed by atoms with van der Waals surface area (Å²) < 4.78 is 5.99. The van der Waals surface area contributed by atoms with Gasteiger partial charge in [-0.25, -0.2) is 0 Å². The lowest BCUT2D eigenvalue weighted by Crippen LogP contribution is -2.36. The SMILES string of the molecule is Cc1cccc(CN2C(=O)/C(=C\c3ccc(C(=O)NCc4ccccc4Cl)cc3)Oc3ccccc32)c1. The van der Waals surface area contributed by atoms with Crippen LogP contribution in [0.15, 0.2) is 103 Å². The third-order valence-corrected chi connectivity index (χ3v) is 6.49. The van der Waals surface area contributed by atoms with Gasteiger partial charge in [0.15, 0.2) is 11.5 Å². The number of carbonyl (C=O) groups is 2. The summed E-state index contributed by atoms with van der Waals surface area (Å²) in [6.07, 6.45) is 1.70. The zero-order valence-electron chi connectivity index (χ0n) is 20.3. The zero-order chi connectivity index (χ0) is 25.8. The van der Waals surface area contributed by atoms with Gasteiger partial charge in [-0.1, -0.05) is 83.9 Å². The smallest absolute Gasteiger partial charge is 0.294 e. The van der Waals surface area contributed by atoms with Crippen LogP contribution in [0.4, 0.5) is 5.69 Å². The minimum absolute atomic E-state index is 0.206. The number of hydrogen-bond donors (Lipinski definition) is 1. The number of amides is 2. The van der Waals surface area contributed by atoms with E-state index >= 15 is 0 Å². The minimum atomic E-state index is -0.221. The molecule has 5 nitrogen and oxygen atoms in total. The highest BCUT2D eigenvalue weighted by Crippen LogP contribution is 2.36. The average Bonchev–Trinajstić information content (AvgIpc) is 2.91. The Bertz CT molecular complexity index is 1490. The highest BCUT2D eigenvalue weighted by molar-refractivity contribution is 6.31. The van der Waals surface area contributed by atoms with E-state index in [1.807, 2.05) is 67.6 Å². The number of para-hydroxylation sites is 2. The van der Waals surface area contributed by atoms with Crippen LogP contribution in [-0.4, -0.2) is 11.8 Å². The first-order chi connectivity index (χ1) is 18.0. The summed E-state index contributed by atoms with van der Waals surface area (Å²) in [5.41, 5.74) is 5.02. The Labute approximate surface area is 221 Å². The fourth-order valence-electron chi connectivity index (χ4n) is 4.21. The maximum atomic E-state index is 13.5. The van der Waals surface area contributed by atoms with E-state index in [1.165, 1.54) is 0 Å². The van der Waals surface area contributed by atoms with Crippen molar-refractivity contribution in [3.8, 4) is 5.75 Å². The van der Waals surface area contributed by atoms with E-state index in [0.717, 1.165) is 27.9 Å². The molecule has 4 aromatic rings. The number of rotatable bonds is 6. The second kappa shape index (κ2) is 10.7. The molecule has 0 aromatic heterocycles. The maximum absolute atomic E-state index is 13.5. The Morgan fingerprint density at radius 3 is 2.49 bits per heavy atom. The predicted octanol–water partition coefficient (Wildman–Crippen LogP) is 6.55. The van der Waals surface area contributed by atoms with E-state index in [9.17, 15) is 9.59 Å². The van der Waals surface area contributed by atoms with Gasteiger partial charge in [0, 0.05) is 17.1 Å². The van der Waals surface area contributed by atoms with Gasteiger partial charge in [0.1, 0.15) is 0 Å². The van der Waals surface area contributed by atoms with Gasteiger partial charge in [0.05, 0.1) is 12.2 Å². The monoisotopic (exact) mass is 508 g/mol. The second-order valence-corrected chi connectivity index (χ2v) is 9.26. The van der Waals surface area contributed by atoms with Crippen molar-refractivity contribution in [1.29, 1.82) is 0 Å².